The SMILES string of the molecule is CCCc1nc(Cl)c(C)c(NN2CCOCC2)n1. The molecule has 0 unspecified atom stereocenters. The molecule has 0 aliphatic carbocycles. The Morgan fingerprint density at radius 1 is 1.33 bits per heavy atom. The number of hydrazine groups is 1. The minimum Gasteiger partial charge on any atom is -0.379 e. The van der Waals surface area contributed by atoms with E-state index >= 15 is 0 Å². The van der Waals surface area contributed by atoms with Gasteiger partial charge in [-0.05, 0) is 13.3 Å². The van der Waals surface area contributed by atoms with Crippen LogP contribution in [0.5, 0.6) is 0 Å². The van der Waals surface area contributed by atoms with Crippen molar-refractivity contribution in [2.75, 3.05) is 31.7 Å². The zero-order valence-electron chi connectivity index (χ0n) is 10.9. The molecular formula is C12H19ClN4O. The molecule has 1 fully saturated rings. The van der Waals surface area contributed by atoms with Crippen LogP contribution in [0.3, 0.4) is 0 Å². The van der Waals surface area contributed by atoms with Gasteiger partial charge in [0.2, 0.25) is 0 Å². The predicted molar refractivity (Wildman–Crippen MR) is 71.8 cm³/mol. The summed E-state index contributed by atoms with van der Waals surface area (Å²) in [5.74, 6) is 1.60. The smallest absolute Gasteiger partial charge is 0.148 e. The summed E-state index contributed by atoms with van der Waals surface area (Å²) in [5, 5.41) is 2.63. The van der Waals surface area contributed by atoms with E-state index in [4.69, 9.17) is 16.3 Å². The average molecular weight is 271 g/mol. The minimum atomic E-state index is 0.532. The van der Waals surface area contributed by atoms with Crippen molar-refractivity contribution in [3.05, 3.63) is 16.5 Å². The Morgan fingerprint density at radius 3 is 2.72 bits per heavy atom. The van der Waals surface area contributed by atoms with E-state index in [-0.39, 0.29) is 0 Å². The first-order valence-electron chi connectivity index (χ1n) is 6.33. The van der Waals surface area contributed by atoms with Crippen molar-refractivity contribution in [2.45, 2.75) is 26.7 Å². The highest BCUT2D eigenvalue weighted by atomic mass is 35.5. The molecule has 0 spiro atoms. The second kappa shape index (κ2) is 6.31. The van der Waals surface area contributed by atoms with Gasteiger partial charge in [-0.3, -0.25) is 0 Å². The zero-order chi connectivity index (χ0) is 13.0. The quantitative estimate of drug-likeness (QED) is 0.849. The molecule has 0 radical (unpaired) electrons. The van der Waals surface area contributed by atoms with Crippen LogP contribution in [0.1, 0.15) is 24.7 Å². The molecule has 1 saturated heterocycles. The lowest BCUT2D eigenvalue weighted by atomic mass is 10.3. The summed E-state index contributed by atoms with van der Waals surface area (Å²) in [5.41, 5.74) is 4.20. The van der Waals surface area contributed by atoms with Crippen LogP contribution in [-0.2, 0) is 11.2 Å². The molecule has 5 nitrogen and oxygen atoms in total. The number of hydrogen-bond acceptors (Lipinski definition) is 5. The normalized spacial score (nSPS) is 16.8. The van der Waals surface area contributed by atoms with Crippen LogP contribution in [0.25, 0.3) is 0 Å². The molecule has 6 heteroatoms. The highest BCUT2D eigenvalue weighted by Gasteiger charge is 2.14. The van der Waals surface area contributed by atoms with Crippen LogP contribution in [-0.4, -0.2) is 41.3 Å². The number of ether oxygens (including phenoxy) is 1. The van der Waals surface area contributed by atoms with Gasteiger partial charge >= 0.3 is 0 Å². The second-order valence-electron chi connectivity index (χ2n) is 4.37. The van der Waals surface area contributed by atoms with E-state index in [0.29, 0.717) is 5.15 Å². The van der Waals surface area contributed by atoms with Crippen LogP contribution in [0.4, 0.5) is 5.82 Å². The maximum absolute atomic E-state index is 6.14. The van der Waals surface area contributed by atoms with Gasteiger partial charge in [0.05, 0.1) is 13.2 Å². The number of morpholine rings is 1. The van der Waals surface area contributed by atoms with Gasteiger partial charge in [-0.2, -0.15) is 0 Å². The topological polar surface area (TPSA) is 50.3 Å². The van der Waals surface area contributed by atoms with Gasteiger partial charge in [-0.25, -0.2) is 15.0 Å². The highest BCUT2D eigenvalue weighted by Crippen LogP contribution is 2.21. The van der Waals surface area contributed by atoms with Gasteiger partial charge in [0, 0.05) is 25.1 Å². The van der Waals surface area contributed by atoms with E-state index < -0.39 is 0 Å². The van der Waals surface area contributed by atoms with E-state index in [1.807, 2.05) is 6.92 Å². The summed E-state index contributed by atoms with van der Waals surface area (Å²) in [6.45, 7) is 7.22. The first kappa shape index (κ1) is 13.5. The van der Waals surface area contributed by atoms with E-state index in [0.717, 1.165) is 56.4 Å². The number of hydrogen-bond donors (Lipinski definition) is 1. The number of aromatic nitrogens is 2. The molecule has 100 valence electrons. The molecule has 1 aromatic rings. The summed E-state index contributed by atoms with van der Waals surface area (Å²) in [6, 6.07) is 0. The summed E-state index contributed by atoms with van der Waals surface area (Å²) in [7, 11) is 0. The number of halogens is 1. The van der Waals surface area contributed by atoms with Gasteiger partial charge in [0.15, 0.2) is 0 Å². The lowest BCUT2D eigenvalue weighted by Crippen LogP contribution is -2.40. The van der Waals surface area contributed by atoms with Gasteiger partial charge in [-0.1, -0.05) is 18.5 Å². The molecule has 1 aliphatic heterocycles. The standard InChI is InChI=1S/C12H19ClN4O/c1-3-4-10-14-11(13)9(2)12(15-10)16-17-5-7-18-8-6-17/h3-8H2,1-2H3,(H,14,15,16). The van der Waals surface area contributed by atoms with Gasteiger partial charge in [-0.15, -0.1) is 0 Å². The molecule has 1 aliphatic rings. The van der Waals surface area contributed by atoms with Crippen molar-refractivity contribution in [1.29, 1.82) is 0 Å². The van der Waals surface area contributed by atoms with Crippen LogP contribution in [0, 0.1) is 6.92 Å². The van der Waals surface area contributed by atoms with Crippen LogP contribution >= 0.6 is 11.6 Å². The molecule has 0 saturated carbocycles. The first-order valence-corrected chi connectivity index (χ1v) is 6.71. The maximum atomic E-state index is 6.14. The lowest BCUT2D eigenvalue weighted by molar-refractivity contribution is 0.0494. The zero-order valence-corrected chi connectivity index (χ0v) is 11.6. The minimum absolute atomic E-state index is 0.532. The summed E-state index contributed by atoms with van der Waals surface area (Å²) in [6.07, 6.45) is 1.86. The largest absolute Gasteiger partial charge is 0.379 e. The second-order valence-corrected chi connectivity index (χ2v) is 4.72. The van der Waals surface area contributed by atoms with Crippen LogP contribution in [0.2, 0.25) is 5.15 Å². The number of nitrogens with zero attached hydrogens (tertiary/aromatic N) is 3. The van der Waals surface area contributed by atoms with E-state index in [2.05, 4.69) is 27.3 Å². The third-order valence-electron chi connectivity index (χ3n) is 2.88. The Bertz CT molecular complexity index is 407. The molecule has 0 bridgehead atoms. The Morgan fingerprint density at radius 2 is 2.06 bits per heavy atom. The molecule has 2 rings (SSSR count). The molecular weight excluding hydrogens is 252 g/mol. The van der Waals surface area contributed by atoms with Gasteiger partial charge in [0.25, 0.3) is 0 Å². The molecule has 18 heavy (non-hydrogen) atoms. The molecule has 1 aromatic heterocycles. The van der Waals surface area contributed by atoms with Crippen molar-refractivity contribution < 1.29 is 4.74 Å². The number of nitrogens with one attached hydrogen (secondary N) is 1. The molecule has 0 aromatic carbocycles. The number of anilines is 1. The Hall–Kier alpha value is -0.910. The summed E-state index contributed by atoms with van der Waals surface area (Å²) >= 11 is 6.14. The Kier molecular flexibility index (Phi) is 4.74. The van der Waals surface area contributed by atoms with E-state index in [9.17, 15) is 0 Å². The number of rotatable bonds is 4. The first-order chi connectivity index (χ1) is 8.70. The number of aryl methyl sites for hydroxylation is 1. The van der Waals surface area contributed by atoms with Crippen molar-refractivity contribution >= 4 is 17.4 Å². The fraction of sp³-hybridized carbons (Fsp3) is 0.667. The summed E-state index contributed by atoms with van der Waals surface area (Å²) < 4.78 is 5.31. The van der Waals surface area contributed by atoms with Crippen molar-refractivity contribution in [1.82, 2.24) is 15.0 Å². The fourth-order valence-electron chi connectivity index (χ4n) is 1.80. The van der Waals surface area contributed by atoms with Crippen molar-refractivity contribution in [3.8, 4) is 0 Å². The monoisotopic (exact) mass is 270 g/mol. The molecule has 2 heterocycles. The Labute approximate surface area is 112 Å². The van der Waals surface area contributed by atoms with Gasteiger partial charge in [0.1, 0.15) is 16.8 Å². The Balaban J connectivity index is 2.14. The van der Waals surface area contributed by atoms with Gasteiger partial charge < -0.3 is 10.2 Å². The highest BCUT2D eigenvalue weighted by molar-refractivity contribution is 6.30. The third kappa shape index (κ3) is 3.31. The lowest BCUT2D eigenvalue weighted by Gasteiger charge is -2.28. The van der Waals surface area contributed by atoms with E-state index in [1.54, 1.807) is 0 Å². The summed E-state index contributed by atoms with van der Waals surface area (Å²) in [4.78, 5) is 8.82. The van der Waals surface area contributed by atoms with Crippen molar-refractivity contribution in [3.63, 3.8) is 0 Å². The molecule has 0 atom stereocenters. The third-order valence-corrected chi connectivity index (χ3v) is 3.25. The fourth-order valence-corrected chi connectivity index (χ4v) is 1.99. The predicted octanol–water partition coefficient (Wildman–Crippen LogP) is 2.05. The molecule has 0 amide bonds. The van der Waals surface area contributed by atoms with Crippen molar-refractivity contribution in [2.24, 2.45) is 0 Å². The molecule has 1 N–H and O–H groups in total. The van der Waals surface area contributed by atoms with Crippen LogP contribution in [0.15, 0.2) is 0 Å². The average Bonchev–Trinajstić information content (AvgIpc) is 2.37. The van der Waals surface area contributed by atoms with Crippen LogP contribution < -0.4 is 5.43 Å². The van der Waals surface area contributed by atoms with E-state index in [1.165, 1.54) is 0 Å². The maximum Gasteiger partial charge on any atom is 0.148 e.